The van der Waals surface area contributed by atoms with Crippen molar-refractivity contribution < 1.29 is 4.74 Å². The predicted molar refractivity (Wildman–Crippen MR) is 71.2 cm³/mol. The summed E-state index contributed by atoms with van der Waals surface area (Å²) in [5, 5.41) is 0. The smallest absolute Gasteiger partial charge is 0.0693 e. The van der Waals surface area contributed by atoms with Crippen LogP contribution in [0.5, 0.6) is 0 Å². The number of hydrogen-bond donors (Lipinski definition) is 0. The fraction of sp³-hybridized carbons (Fsp3) is 0.714. The van der Waals surface area contributed by atoms with Gasteiger partial charge in [0.1, 0.15) is 0 Å². The number of likely N-dealkylation sites (N-methyl/N-ethyl adjacent to an activating group) is 2. The second kappa shape index (κ2) is 6.34. The summed E-state index contributed by atoms with van der Waals surface area (Å²) in [5.41, 5.74) is 2.87. The van der Waals surface area contributed by atoms with Gasteiger partial charge in [0.25, 0.3) is 0 Å². The Morgan fingerprint density at radius 3 is 1.82 bits per heavy atom. The first-order valence-corrected chi connectivity index (χ1v) is 6.54. The van der Waals surface area contributed by atoms with Crippen LogP contribution in [0.4, 0.5) is 0 Å². The number of ether oxygens (including phenoxy) is 1. The van der Waals surface area contributed by atoms with E-state index in [0.29, 0.717) is 0 Å². The Morgan fingerprint density at radius 2 is 1.41 bits per heavy atom. The highest BCUT2D eigenvalue weighted by Gasteiger charge is 2.10. The Morgan fingerprint density at radius 1 is 0.941 bits per heavy atom. The van der Waals surface area contributed by atoms with Crippen molar-refractivity contribution in [3.05, 3.63) is 23.3 Å². The van der Waals surface area contributed by atoms with Crippen molar-refractivity contribution in [3.63, 3.8) is 0 Å². The molecule has 0 N–H and O–H groups in total. The standard InChI is InChI=1S/C14H24N2O/c1-15-7-3-5-13(9-15)11-17-12-14-6-4-8-16(2)10-14/h5-6H,3-4,7-12H2,1-2H3. The maximum Gasteiger partial charge on any atom is 0.0693 e. The van der Waals surface area contributed by atoms with Gasteiger partial charge in [-0.15, -0.1) is 0 Å². The molecule has 3 nitrogen and oxygen atoms in total. The summed E-state index contributed by atoms with van der Waals surface area (Å²) in [4.78, 5) is 4.71. The minimum Gasteiger partial charge on any atom is -0.373 e. The molecule has 17 heavy (non-hydrogen) atoms. The van der Waals surface area contributed by atoms with E-state index >= 15 is 0 Å². The van der Waals surface area contributed by atoms with Crippen LogP contribution in [0, 0.1) is 0 Å². The van der Waals surface area contributed by atoms with Crippen molar-refractivity contribution in [2.45, 2.75) is 12.8 Å². The van der Waals surface area contributed by atoms with E-state index in [1.165, 1.54) is 37.1 Å². The molecule has 0 saturated heterocycles. The van der Waals surface area contributed by atoms with E-state index < -0.39 is 0 Å². The molecule has 0 bridgehead atoms. The van der Waals surface area contributed by atoms with Gasteiger partial charge in [0, 0.05) is 26.2 Å². The average Bonchev–Trinajstić information content (AvgIpc) is 2.29. The lowest BCUT2D eigenvalue weighted by atomic mass is 10.1. The largest absolute Gasteiger partial charge is 0.373 e. The molecule has 0 aliphatic carbocycles. The quantitative estimate of drug-likeness (QED) is 0.688. The third-order valence-electron chi connectivity index (χ3n) is 3.41. The minimum absolute atomic E-state index is 0.797. The molecule has 0 spiro atoms. The van der Waals surface area contributed by atoms with Gasteiger partial charge < -0.3 is 14.5 Å². The van der Waals surface area contributed by atoms with Crippen molar-refractivity contribution in [1.29, 1.82) is 0 Å². The van der Waals surface area contributed by atoms with Gasteiger partial charge in [0.2, 0.25) is 0 Å². The van der Waals surface area contributed by atoms with Crippen LogP contribution < -0.4 is 0 Å². The lowest BCUT2D eigenvalue weighted by Crippen LogP contribution is -2.29. The first-order valence-electron chi connectivity index (χ1n) is 6.54. The summed E-state index contributed by atoms with van der Waals surface area (Å²) in [7, 11) is 4.34. The zero-order valence-electron chi connectivity index (χ0n) is 11.1. The first kappa shape index (κ1) is 12.8. The highest BCUT2D eigenvalue weighted by molar-refractivity contribution is 5.10. The monoisotopic (exact) mass is 236 g/mol. The molecule has 2 rings (SSSR count). The van der Waals surface area contributed by atoms with E-state index in [9.17, 15) is 0 Å². The Labute approximate surface area is 105 Å². The number of rotatable bonds is 4. The average molecular weight is 236 g/mol. The molecule has 2 heterocycles. The number of nitrogens with zero attached hydrogens (tertiary/aromatic N) is 2. The Bertz CT molecular complexity index is 279. The molecule has 0 aromatic carbocycles. The van der Waals surface area contributed by atoms with E-state index in [-0.39, 0.29) is 0 Å². The van der Waals surface area contributed by atoms with Crippen molar-refractivity contribution >= 4 is 0 Å². The zero-order valence-corrected chi connectivity index (χ0v) is 11.1. The molecule has 96 valence electrons. The molecule has 0 amide bonds. The summed E-state index contributed by atoms with van der Waals surface area (Å²) < 4.78 is 5.82. The number of hydrogen-bond acceptors (Lipinski definition) is 3. The van der Waals surface area contributed by atoms with Crippen molar-refractivity contribution in [3.8, 4) is 0 Å². The van der Waals surface area contributed by atoms with Gasteiger partial charge >= 0.3 is 0 Å². The Kier molecular flexibility index (Phi) is 4.77. The topological polar surface area (TPSA) is 15.7 Å². The lowest BCUT2D eigenvalue weighted by molar-refractivity contribution is 0.162. The van der Waals surface area contributed by atoms with Crippen LogP contribution >= 0.6 is 0 Å². The van der Waals surface area contributed by atoms with E-state index in [2.05, 4.69) is 36.0 Å². The van der Waals surface area contributed by atoms with Crippen molar-refractivity contribution in [1.82, 2.24) is 9.80 Å². The fourth-order valence-corrected chi connectivity index (χ4v) is 2.48. The van der Waals surface area contributed by atoms with E-state index in [1.54, 1.807) is 0 Å². The minimum atomic E-state index is 0.797. The van der Waals surface area contributed by atoms with Crippen LogP contribution in [-0.4, -0.2) is 63.3 Å². The first-order chi connectivity index (χ1) is 8.24. The van der Waals surface area contributed by atoms with E-state index in [4.69, 9.17) is 4.74 Å². The van der Waals surface area contributed by atoms with Crippen LogP contribution in [0.15, 0.2) is 23.3 Å². The van der Waals surface area contributed by atoms with Gasteiger partial charge in [-0.1, -0.05) is 12.2 Å². The van der Waals surface area contributed by atoms with Gasteiger partial charge in [-0.05, 0) is 38.1 Å². The molecular weight excluding hydrogens is 212 g/mol. The molecule has 2 aliphatic heterocycles. The summed E-state index contributed by atoms with van der Waals surface area (Å²) >= 11 is 0. The Balaban J connectivity index is 1.69. The van der Waals surface area contributed by atoms with Crippen LogP contribution in [0.25, 0.3) is 0 Å². The fourth-order valence-electron chi connectivity index (χ4n) is 2.48. The maximum atomic E-state index is 5.82. The molecule has 0 unspecified atom stereocenters. The van der Waals surface area contributed by atoms with Crippen LogP contribution in [0.1, 0.15) is 12.8 Å². The molecule has 0 aromatic rings. The SMILES string of the molecule is CN1CCC=C(COCC2=CCCN(C)C2)C1. The van der Waals surface area contributed by atoms with Crippen LogP contribution in [0.3, 0.4) is 0 Å². The van der Waals surface area contributed by atoms with Gasteiger partial charge in [0.05, 0.1) is 13.2 Å². The second-order valence-corrected chi connectivity index (χ2v) is 5.27. The molecule has 3 heteroatoms. The van der Waals surface area contributed by atoms with Crippen LogP contribution in [-0.2, 0) is 4.74 Å². The van der Waals surface area contributed by atoms with E-state index in [0.717, 1.165) is 26.3 Å². The molecule has 0 radical (unpaired) electrons. The van der Waals surface area contributed by atoms with Crippen LogP contribution in [0.2, 0.25) is 0 Å². The molecule has 0 aromatic heterocycles. The molecule has 0 atom stereocenters. The van der Waals surface area contributed by atoms with Gasteiger partial charge in [-0.25, -0.2) is 0 Å². The van der Waals surface area contributed by atoms with Crippen molar-refractivity contribution in [2.75, 3.05) is 53.5 Å². The Hall–Kier alpha value is -0.640. The van der Waals surface area contributed by atoms with Gasteiger partial charge in [-0.2, -0.15) is 0 Å². The second-order valence-electron chi connectivity index (χ2n) is 5.27. The van der Waals surface area contributed by atoms with Crippen molar-refractivity contribution in [2.24, 2.45) is 0 Å². The lowest BCUT2D eigenvalue weighted by Gasteiger charge is -2.25. The molecule has 0 fully saturated rings. The zero-order chi connectivity index (χ0) is 12.1. The molecule has 0 saturated carbocycles. The van der Waals surface area contributed by atoms with Gasteiger partial charge in [-0.3, -0.25) is 0 Å². The summed E-state index contributed by atoms with van der Waals surface area (Å²) in [6, 6.07) is 0. The molecule has 2 aliphatic rings. The summed E-state index contributed by atoms with van der Waals surface area (Å²) in [5.74, 6) is 0. The highest BCUT2D eigenvalue weighted by Crippen LogP contribution is 2.11. The molecular formula is C14H24N2O. The normalized spacial score (nSPS) is 23.4. The van der Waals surface area contributed by atoms with Gasteiger partial charge in [0.15, 0.2) is 0 Å². The summed E-state index contributed by atoms with van der Waals surface area (Å²) in [6.45, 7) is 6.09. The maximum absolute atomic E-state index is 5.82. The summed E-state index contributed by atoms with van der Waals surface area (Å²) in [6.07, 6.45) is 7.00. The third-order valence-corrected chi connectivity index (χ3v) is 3.41. The predicted octanol–water partition coefficient (Wildman–Crippen LogP) is 1.53. The highest BCUT2D eigenvalue weighted by atomic mass is 16.5. The third kappa shape index (κ3) is 4.26. The van der Waals surface area contributed by atoms with E-state index in [1.807, 2.05) is 0 Å².